The number of H-pyrrole nitrogens is 1. The zero-order valence-corrected chi connectivity index (χ0v) is 14.5. The van der Waals surface area contributed by atoms with E-state index in [1.54, 1.807) is 10.9 Å². The van der Waals surface area contributed by atoms with Crippen LogP contribution in [0.15, 0.2) is 42.9 Å². The van der Waals surface area contributed by atoms with Crippen molar-refractivity contribution in [3.8, 4) is 0 Å². The number of carbonyl (C=O) groups excluding carboxylic acids is 1. The number of hydrogen-bond donors (Lipinski definition) is 3. The fourth-order valence-corrected chi connectivity index (χ4v) is 2.70. The van der Waals surface area contributed by atoms with E-state index in [1.165, 1.54) is 0 Å². The fraction of sp³-hybridized carbons (Fsp3) is 0.294. The summed E-state index contributed by atoms with van der Waals surface area (Å²) in [6, 6.07) is 7.29. The average molecular weight is 348 g/mol. The minimum absolute atomic E-state index is 0. The predicted molar refractivity (Wildman–Crippen MR) is 97.0 cm³/mol. The maximum Gasteiger partial charge on any atom is 0.237 e. The Morgan fingerprint density at radius 3 is 2.88 bits per heavy atom. The van der Waals surface area contributed by atoms with Gasteiger partial charge in [0.25, 0.3) is 0 Å². The number of halogens is 1. The monoisotopic (exact) mass is 347 g/mol. The predicted octanol–water partition coefficient (Wildman–Crippen LogP) is 2.07. The van der Waals surface area contributed by atoms with Gasteiger partial charge in [-0.05, 0) is 25.0 Å². The van der Waals surface area contributed by atoms with Crippen LogP contribution in [0.4, 0.5) is 0 Å². The second kappa shape index (κ2) is 7.51. The van der Waals surface area contributed by atoms with Gasteiger partial charge in [-0.3, -0.25) is 9.48 Å². The third kappa shape index (κ3) is 3.77. The number of fused-ring (bicyclic) bond motifs is 1. The number of aromatic amines is 1. The van der Waals surface area contributed by atoms with Crippen LogP contribution in [0.25, 0.3) is 10.9 Å². The molecule has 24 heavy (non-hydrogen) atoms. The molecule has 6 nitrogen and oxygen atoms in total. The molecular weight excluding hydrogens is 326 g/mol. The quantitative estimate of drug-likeness (QED) is 0.660. The second-order valence-electron chi connectivity index (χ2n) is 5.85. The first-order valence-electron chi connectivity index (χ1n) is 7.64. The topological polar surface area (TPSA) is 88.7 Å². The number of aryl methyl sites for hydroxylation is 1. The minimum Gasteiger partial charge on any atom is -0.361 e. The first-order valence-corrected chi connectivity index (χ1v) is 7.64. The van der Waals surface area contributed by atoms with Crippen LogP contribution < -0.4 is 11.1 Å². The van der Waals surface area contributed by atoms with Crippen LogP contribution >= 0.6 is 12.4 Å². The van der Waals surface area contributed by atoms with Crippen LogP contribution in [0.5, 0.6) is 0 Å². The maximum absolute atomic E-state index is 12.3. The van der Waals surface area contributed by atoms with Crippen molar-refractivity contribution in [2.24, 2.45) is 12.8 Å². The van der Waals surface area contributed by atoms with Gasteiger partial charge in [-0.25, -0.2) is 0 Å². The Morgan fingerprint density at radius 2 is 2.17 bits per heavy atom. The minimum atomic E-state index is -0.590. The number of rotatable bonds is 5. The third-order valence-electron chi connectivity index (χ3n) is 4.04. The largest absolute Gasteiger partial charge is 0.361 e. The lowest BCUT2D eigenvalue weighted by Gasteiger charge is -2.16. The lowest BCUT2D eigenvalue weighted by atomic mass is 10.0. The van der Waals surface area contributed by atoms with Crippen molar-refractivity contribution in [3.05, 3.63) is 54.0 Å². The van der Waals surface area contributed by atoms with Gasteiger partial charge in [0.05, 0.1) is 18.3 Å². The van der Waals surface area contributed by atoms with Crippen molar-refractivity contribution in [2.75, 3.05) is 0 Å². The zero-order valence-electron chi connectivity index (χ0n) is 13.7. The van der Waals surface area contributed by atoms with Gasteiger partial charge in [0.15, 0.2) is 0 Å². The standard InChI is InChI=1S/C17H21N5O.ClH/c1-11(13-9-20-22(2)10-13)21-17(23)15(18)7-12-8-19-16-6-4-3-5-14(12)16;/h3-6,8-11,15,19H,7,18H2,1-2H3,(H,21,23);1H/t11?,15-;/m0./s1. The number of aromatic nitrogens is 3. The Hall–Kier alpha value is -2.31. The summed E-state index contributed by atoms with van der Waals surface area (Å²) < 4.78 is 1.71. The van der Waals surface area contributed by atoms with Gasteiger partial charge in [-0.15, -0.1) is 12.4 Å². The first-order chi connectivity index (χ1) is 11.0. The fourth-order valence-electron chi connectivity index (χ4n) is 2.70. The maximum atomic E-state index is 12.3. The molecule has 0 bridgehead atoms. The average Bonchev–Trinajstić information content (AvgIpc) is 3.14. The molecule has 1 amide bonds. The number of para-hydroxylation sites is 1. The van der Waals surface area contributed by atoms with Gasteiger partial charge in [0.1, 0.15) is 0 Å². The third-order valence-corrected chi connectivity index (χ3v) is 4.04. The van der Waals surface area contributed by atoms with Crippen LogP contribution in [0.3, 0.4) is 0 Å². The molecule has 2 aromatic heterocycles. The molecule has 0 radical (unpaired) electrons. The summed E-state index contributed by atoms with van der Waals surface area (Å²) in [5, 5.41) is 8.16. The number of nitrogens with two attached hydrogens (primary N) is 1. The Balaban J connectivity index is 0.00000208. The van der Waals surface area contributed by atoms with Gasteiger partial charge < -0.3 is 16.0 Å². The molecule has 0 saturated heterocycles. The Labute approximate surface area is 146 Å². The number of nitrogens with one attached hydrogen (secondary N) is 2. The van der Waals surface area contributed by atoms with E-state index >= 15 is 0 Å². The lowest BCUT2D eigenvalue weighted by molar-refractivity contribution is -0.123. The zero-order chi connectivity index (χ0) is 16.4. The van der Waals surface area contributed by atoms with E-state index in [2.05, 4.69) is 15.4 Å². The summed E-state index contributed by atoms with van der Waals surface area (Å²) in [5.74, 6) is -0.161. The summed E-state index contributed by atoms with van der Waals surface area (Å²) in [6.45, 7) is 1.92. The molecule has 2 heterocycles. The number of benzene rings is 1. The van der Waals surface area contributed by atoms with Crippen molar-refractivity contribution in [1.82, 2.24) is 20.1 Å². The molecule has 2 atom stereocenters. The Kier molecular flexibility index (Phi) is 5.64. The molecule has 0 saturated carbocycles. The molecule has 1 aromatic carbocycles. The normalized spacial score (nSPS) is 13.3. The van der Waals surface area contributed by atoms with Crippen LogP contribution in [0.2, 0.25) is 0 Å². The van der Waals surface area contributed by atoms with E-state index in [4.69, 9.17) is 5.73 Å². The molecular formula is C17H22ClN5O. The lowest BCUT2D eigenvalue weighted by Crippen LogP contribution is -2.42. The van der Waals surface area contributed by atoms with E-state index in [9.17, 15) is 4.79 Å². The van der Waals surface area contributed by atoms with E-state index in [1.807, 2.05) is 50.6 Å². The second-order valence-corrected chi connectivity index (χ2v) is 5.85. The molecule has 3 rings (SSSR count). The molecule has 0 spiro atoms. The van der Waals surface area contributed by atoms with Gasteiger partial charge in [-0.2, -0.15) is 5.10 Å². The summed E-state index contributed by atoms with van der Waals surface area (Å²) in [6.07, 6.45) is 6.05. The smallest absolute Gasteiger partial charge is 0.237 e. The van der Waals surface area contributed by atoms with Crippen molar-refractivity contribution < 1.29 is 4.79 Å². The van der Waals surface area contributed by atoms with Crippen molar-refractivity contribution >= 4 is 29.2 Å². The summed E-state index contributed by atoms with van der Waals surface area (Å²) >= 11 is 0. The number of nitrogens with zero attached hydrogens (tertiary/aromatic N) is 2. The van der Waals surface area contributed by atoms with Crippen molar-refractivity contribution in [1.29, 1.82) is 0 Å². The first kappa shape index (κ1) is 18.0. The highest BCUT2D eigenvalue weighted by Gasteiger charge is 2.19. The molecule has 4 N–H and O–H groups in total. The van der Waals surface area contributed by atoms with Gasteiger partial charge in [-0.1, -0.05) is 18.2 Å². The van der Waals surface area contributed by atoms with E-state index in [-0.39, 0.29) is 24.4 Å². The van der Waals surface area contributed by atoms with Crippen molar-refractivity contribution in [2.45, 2.75) is 25.4 Å². The van der Waals surface area contributed by atoms with Crippen LogP contribution in [0, 0.1) is 0 Å². The highest BCUT2D eigenvalue weighted by molar-refractivity contribution is 5.86. The molecule has 0 aliphatic rings. The Bertz CT molecular complexity index is 825. The van der Waals surface area contributed by atoms with Gasteiger partial charge >= 0.3 is 0 Å². The summed E-state index contributed by atoms with van der Waals surface area (Å²) in [4.78, 5) is 15.5. The van der Waals surface area contributed by atoms with E-state index < -0.39 is 6.04 Å². The molecule has 128 valence electrons. The highest BCUT2D eigenvalue weighted by atomic mass is 35.5. The van der Waals surface area contributed by atoms with E-state index in [0.29, 0.717) is 6.42 Å². The summed E-state index contributed by atoms with van der Waals surface area (Å²) in [7, 11) is 1.85. The van der Waals surface area contributed by atoms with Gasteiger partial charge in [0.2, 0.25) is 5.91 Å². The van der Waals surface area contributed by atoms with Crippen LogP contribution in [0.1, 0.15) is 24.1 Å². The SMILES string of the molecule is CC(NC(=O)[C@@H](N)Cc1c[nH]c2ccccc12)c1cnn(C)c1.Cl. The van der Waals surface area contributed by atoms with Crippen molar-refractivity contribution in [3.63, 3.8) is 0 Å². The molecule has 1 unspecified atom stereocenters. The van der Waals surface area contributed by atoms with Crippen LogP contribution in [-0.2, 0) is 18.3 Å². The molecule has 0 aliphatic heterocycles. The number of hydrogen-bond acceptors (Lipinski definition) is 3. The molecule has 0 aliphatic carbocycles. The molecule has 7 heteroatoms. The molecule has 3 aromatic rings. The van der Waals surface area contributed by atoms with E-state index in [0.717, 1.165) is 22.0 Å². The Morgan fingerprint density at radius 1 is 1.42 bits per heavy atom. The summed E-state index contributed by atoms with van der Waals surface area (Å²) in [5.41, 5.74) is 9.15. The van der Waals surface area contributed by atoms with Gasteiger partial charge in [0, 0.05) is 35.9 Å². The number of amides is 1. The molecule has 0 fully saturated rings. The highest BCUT2D eigenvalue weighted by Crippen LogP contribution is 2.19. The van der Waals surface area contributed by atoms with Crippen LogP contribution in [-0.4, -0.2) is 26.7 Å². The number of carbonyl (C=O) groups is 1.